The fourth-order valence-corrected chi connectivity index (χ4v) is 1.87. The molecule has 3 N–H and O–H groups in total. The molecule has 0 amide bonds. The van der Waals surface area contributed by atoms with Gasteiger partial charge in [-0.05, 0) is 31.4 Å². The number of aliphatic hydroxyl groups is 1. The van der Waals surface area contributed by atoms with E-state index < -0.39 is 0 Å². The third-order valence-electron chi connectivity index (χ3n) is 2.99. The summed E-state index contributed by atoms with van der Waals surface area (Å²) in [5.74, 6) is 0. The molecule has 0 saturated carbocycles. The first-order chi connectivity index (χ1) is 8.27. The van der Waals surface area contributed by atoms with Crippen LogP contribution in [-0.4, -0.2) is 30.8 Å². The van der Waals surface area contributed by atoms with E-state index >= 15 is 0 Å². The van der Waals surface area contributed by atoms with Crippen molar-refractivity contribution in [3.63, 3.8) is 0 Å². The first-order valence-corrected chi connectivity index (χ1v) is 6.41. The van der Waals surface area contributed by atoms with Gasteiger partial charge in [-0.15, -0.1) is 0 Å². The molecule has 0 saturated heterocycles. The molecule has 0 bridgehead atoms. The van der Waals surface area contributed by atoms with Crippen LogP contribution in [0.3, 0.4) is 0 Å². The lowest BCUT2D eigenvalue weighted by Crippen LogP contribution is -2.32. The molecule has 0 heterocycles. The van der Waals surface area contributed by atoms with E-state index in [-0.39, 0.29) is 6.61 Å². The van der Waals surface area contributed by atoms with Crippen molar-refractivity contribution in [2.24, 2.45) is 0 Å². The highest BCUT2D eigenvalue weighted by atomic mass is 16.3. The van der Waals surface area contributed by atoms with E-state index in [9.17, 15) is 0 Å². The highest BCUT2D eigenvalue weighted by Gasteiger charge is 2.04. The molecular weight excluding hydrogens is 212 g/mol. The third-order valence-corrected chi connectivity index (χ3v) is 2.99. The zero-order chi connectivity index (χ0) is 12.5. The lowest BCUT2D eigenvalue weighted by atomic mass is 10.1. The average Bonchev–Trinajstić information content (AvgIpc) is 2.35. The average molecular weight is 236 g/mol. The van der Waals surface area contributed by atoms with Crippen molar-refractivity contribution in [3.8, 4) is 0 Å². The minimum Gasteiger partial charge on any atom is -0.395 e. The van der Waals surface area contributed by atoms with E-state index in [1.807, 2.05) is 0 Å². The Labute approximate surface area is 104 Å². The molecule has 0 aliphatic carbocycles. The Morgan fingerprint density at radius 1 is 1.24 bits per heavy atom. The first kappa shape index (κ1) is 14.0. The molecule has 17 heavy (non-hydrogen) atoms. The Morgan fingerprint density at radius 2 is 2.00 bits per heavy atom. The summed E-state index contributed by atoms with van der Waals surface area (Å²) in [6, 6.07) is 8.81. The molecule has 1 aromatic carbocycles. The van der Waals surface area contributed by atoms with Crippen molar-refractivity contribution in [3.05, 3.63) is 29.8 Å². The molecule has 0 aromatic heterocycles. The topological polar surface area (TPSA) is 44.3 Å². The monoisotopic (exact) mass is 236 g/mol. The van der Waals surface area contributed by atoms with Crippen molar-refractivity contribution in [2.75, 3.05) is 25.0 Å². The van der Waals surface area contributed by atoms with Crippen LogP contribution >= 0.6 is 0 Å². The number of aryl methyl sites for hydroxylation is 1. The molecule has 0 radical (unpaired) electrons. The summed E-state index contributed by atoms with van der Waals surface area (Å²) < 4.78 is 0. The number of benzene rings is 1. The summed E-state index contributed by atoms with van der Waals surface area (Å²) in [6.45, 7) is 6.14. The predicted molar refractivity (Wildman–Crippen MR) is 73.5 cm³/mol. The van der Waals surface area contributed by atoms with Crippen LogP contribution < -0.4 is 10.6 Å². The van der Waals surface area contributed by atoms with Crippen LogP contribution in [-0.2, 0) is 0 Å². The summed E-state index contributed by atoms with van der Waals surface area (Å²) >= 11 is 0. The van der Waals surface area contributed by atoms with Crippen molar-refractivity contribution in [1.82, 2.24) is 5.32 Å². The standard InChI is InChI=1S/C14H24N2O/c1-3-13(15-10-11-17)8-9-16-14-7-5-4-6-12(14)2/h4-7,13,15-17H,3,8-11H2,1-2H3. The Bertz CT molecular complexity index is 315. The van der Waals surface area contributed by atoms with E-state index in [1.54, 1.807) is 0 Å². The van der Waals surface area contributed by atoms with Gasteiger partial charge in [0.1, 0.15) is 0 Å². The molecule has 0 fully saturated rings. The molecule has 0 aliphatic rings. The van der Waals surface area contributed by atoms with Crippen LogP contribution in [0.5, 0.6) is 0 Å². The summed E-state index contributed by atoms with van der Waals surface area (Å²) in [4.78, 5) is 0. The van der Waals surface area contributed by atoms with Crippen LogP contribution in [0, 0.1) is 6.92 Å². The van der Waals surface area contributed by atoms with Gasteiger partial charge in [0.15, 0.2) is 0 Å². The number of hydrogen-bond donors (Lipinski definition) is 3. The molecule has 3 nitrogen and oxygen atoms in total. The minimum absolute atomic E-state index is 0.210. The van der Waals surface area contributed by atoms with Crippen molar-refractivity contribution in [2.45, 2.75) is 32.7 Å². The van der Waals surface area contributed by atoms with Crippen LogP contribution in [0.4, 0.5) is 5.69 Å². The van der Waals surface area contributed by atoms with Gasteiger partial charge in [-0.3, -0.25) is 0 Å². The second kappa shape index (κ2) is 8.09. The van der Waals surface area contributed by atoms with E-state index in [0.29, 0.717) is 12.6 Å². The van der Waals surface area contributed by atoms with E-state index in [4.69, 9.17) is 5.11 Å². The normalized spacial score (nSPS) is 12.4. The van der Waals surface area contributed by atoms with Crippen LogP contribution in [0.1, 0.15) is 25.3 Å². The molecule has 0 spiro atoms. The Balaban J connectivity index is 2.28. The maximum atomic E-state index is 8.77. The number of nitrogens with one attached hydrogen (secondary N) is 2. The number of rotatable bonds is 8. The van der Waals surface area contributed by atoms with Crippen LogP contribution in [0.2, 0.25) is 0 Å². The molecule has 1 aromatic rings. The van der Waals surface area contributed by atoms with E-state index in [0.717, 1.165) is 19.4 Å². The van der Waals surface area contributed by atoms with Crippen LogP contribution in [0.25, 0.3) is 0 Å². The Morgan fingerprint density at radius 3 is 2.65 bits per heavy atom. The number of para-hydroxylation sites is 1. The van der Waals surface area contributed by atoms with Crippen molar-refractivity contribution in [1.29, 1.82) is 0 Å². The summed E-state index contributed by atoms with van der Waals surface area (Å²) in [6.07, 6.45) is 2.17. The van der Waals surface area contributed by atoms with E-state index in [1.165, 1.54) is 11.3 Å². The van der Waals surface area contributed by atoms with Gasteiger partial charge >= 0.3 is 0 Å². The molecule has 0 aliphatic heterocycles. The Kier molecular flexibility index (Phi) is 6.67. The quantitative estimate of drug-likeness (QED) is 0.648. The highest BCUT2D eigenvalue weighted by Crippen LogP contribution is 2.13. The largest absolute Gasteiger partial charge is 0.395 e. The summed E-state index contributed by atoms with van der Waals surface area (Å²) in [5.41, 5.74) is 2.49. The molecule has 3 heteroatoms. The second-order valence-electron chi connectivity index (χ2n) is 4.31. The van der Waals surface area contributed by atoms with Gasteiger partial charge in [-0.1, -0.05) is 25.1 Å². The van der Waals surface area contributed by atoms with Crippen molar-refractivity contribution < 1.29 is 5.11 Å². The number of anilines is 1. The van der Waals surface area contributed by atoms with Gasteiger partial charge < -0.3 is 15.7 Å². The summed E-state index contributed by atoms with van der Waals surface area (Å²) in [5, 5.41) is 15.6. The third kappa shape index (κ3) is 5.20. The molecule has 1 rings (SSSR count). The van der Waals surface area contributed by atoms with Gasteiger partial charge in [-0.25, -0.2) is 0 Å². The van der Waals surface area contributed by atoms with Gasteiger partial charge in [0, 0.05) is 24.8 Å². The number of hydrogen-bond acceptors (Lipinski definition) is 3. The van der Waals surface area contributed by atoms with Crippen molar-refractivity contribution >= 4 is 5.69 Å². The minimum atomic E-state index is 0.210. The molecule has 1 unspecified atom stereocenters. The maximum Gasteiger partial charge on any atom is 0.0556 e. The van der Waals surface area contributed by atoms with E-state index in [2.05, 4.69) is 48.7 Å². The Hall–Kier alpha value is -1.06. The zero-order valence-corrected chi connectivity index (χ0v) is 10.9. The molecular formula is C14H24N2O. The lowest BCUT2D eigenvalue weighted by Gasteiger charge is -2.17. The second-order valence-corrected chi connectivity index (χ2v) is 4.31. The highest BCUT2D eigenvalue weighted by molar-refractivity contribution is 5.50. The smallest absolute Gasteiger partial charge is 0.0556 e. The van der Waals surface area contributed by atoms with Gasteiger partial charge in [0.2, 0.25) is 0 Å². The maximum absolute atomic E-state index is 8.77. The van der Waals surface area contributed by atoms with Gasteiger partial charge in [0.25, 0.3) is 0 Å². The van der Waals surface area contributed by atoms with Gasteiger partial charge in [0.05, 0.1) is 6.61 Å². The fraction of sp³-hybridized carbons (Fsp3) is 0.571. The zero-order valence-electron chi connectivity index (χ0n) is 10.9. The number of aliphatic hydroxyl groups excluding tert-OH is 1. The predicted octanol–water partition coefficient (Wildman–Crippen LogP) is 2.16. The fourth-order valence-electron chi connectivity index (χ4n) is 1.87. The van der Waals surface area contributed by atoms with Gasteiger partial charge in [-0.2, -0.15) is 0 Å². The molecule has 96 valence electrons. The molecule has 1 atom stereocenters. The lowest BCUT2D eigenvalue weighted by molar-refractivity contribution is 0.281. The summed E-state index contributed by atoms with van der Waals surface area (Å²) in [7, 11) is 0. The first-order valence-electron chi connectivity index (χ1n) is 6.41. The van der Waals surface area contributed by atoms with Crippen LogP contribution in [0.15, 0.2) is 24.3 Å². The SMILES string of the molecule is CCC(CCNc1ccccc1C)NCCO.